The molecule has 0 unspecified atom stereocenters. The molecule has 0 saturated heterocycles. The van der Waals surface area contributed by atoms with Crippen molar-refractivity contribution in [2.75, 3.05) is 7.11 Å². The highest BCUT2D eigenvalue weighted by molar-refractivity contribution is 5.99. The first-order valence-corrected chi connectivity index (χ1v) is 7.18. The Morgan fingerprint density at radius 3 is 2.50 bits per heavy atom. The van der Waals surface area contributed by atoms with Crippen LogP contribution in [-0.4, -0.2) is 29.1 Å². The molecule has 3 rings (SSSR count). The molecule has 2 aromatic carbocycles. The van der Waals surface area contributed by atoms with Crippen LogP contribution < -0.4 is 5.56 Å². The molecule has 0 amide bonds. The summed E-state index contributed by atoms with van der Waals surface area (Å²) in [4.78, 5) is 24.5. The molecule has 1 aromatic heterocycles. The van der Waals surface area contributed by atoms with Crippen molar-refractivity contribution in [2.45, 2.75) is 0 Å². The van der Waals surface area contributed by atoms with Crippen LogP contribution in [0.2, 0.25) is 0 Å². The van der Waals surface area contributed by atoms with Crippen molar-refractivity contribution in [3.05, 3.63) is 76.1 Å². The molecule has 0 fully saturated rings. The number of para-hydroxylation sites is 1. The minimum absolute atomic E-state index is 0.336. The molecule has 3 aromatic rings. The first-order valence-electron chi connectivity index (χ1n) is 7.18. The molecule has 0 spiro atoms. The normalized spacial score (nSPS) is 11.0. The van der Waals surface area contributed by atoms with Gasteiger partial charge in [0.1, 0.15) is 5.75 Å². The number of benzene rings is 2. The Morgan fingerprint density at radius 1 is 1.12 bits per heavy atom. The molecule has 0 saturated carbocycles. The van der Waals surface area contributed by atoms with Gasteiger partial charge in [0, 0.05) is 5.39 Å². The first kappa shape index (κ1) is 15.5. The number of hydrogen-bond acceptors (Lipinski definition) is 5. The fourth-order valence-corrected chi connectivity index (χ4v) is 2.37. The molecule has 1 heterocycles. The van der Waals surface area contributed by atoms with Crippen molar-refractivity contribution in [3.8, 4) is 5.75 Å². The third kappa shape index (κ3) is 2.65. The number of rotatable bonds is 3. The standard InChI is InChI=1S/C18H14N2O4/c1-24-18(23)15-16(21)13-9-5-6-10-14(13)20(17(15)22)19-11-12-7-3-2-4-8-12/h2-11,21H,1H3. The average Bonchev–Trinajstić information content (AvgIpc) is 2.62. The van der Waals surface area contributed by atoms with Gasteiger partial charge >= 0.3 is 5.97 Å². The first-order chi connectivity index (χ1) is 11.6. The van der Waals surface area contributed by atoms with Gasteiger partial charge in [-0.05, 0) is 17.7 Å². The van der Waals surface area contributed by atoms with Gasteiger partial charge in [-0.15, -0.1) is 0 Å². The Morgan fingerprint density at radius 2 is 1.79 bits per heavy atom. The van der Waals surface area contributed by atoms with Gasteiger partial charge in [0.2, 0.25) is 0 Å². The number of fused-ring (bicyclic) bond motifs is 1. The Labute approximate surface area is 137 Å². The fourth-order valence-electron chi connectivity index (χ4n) is 2.37. The van der Waals surface area contributed by atoms with Gasteiger partial charge < -0.3 is 9.84 Å². The molecule has 0 radical (unpaired) electrons. The molecule has 0 aliphatic carbocycles. The zero-order chi connectivity index (χ0) is 17.1. The predicted molar refractivity (Wildman–Crippen MR) is 90.6 cm³/mol. The SMILES string of the molecule is COC(=O)c1c(O)c2ccccc2n(N=Cc2ccccc2)c1=O. The van der Waals surface area contributed by atoms with Gasteiger partial charge in [-0.2, -0.15) is 9.78 Å². The van der Waals surface area contributed by atoms with Crippen LogP contribution in [0.3, 0.4) is 0 Å². The van der Waals surface area contributed by atoms with E-state index in [1.165, 1.54) is 6.21 Å². The van der Waals surface area contributed by atoms with E-state index in [0.29, 0.717) is 10.9 Å². The fraction of sp³-hybridized carbons (Fsp3) is 0.0556. The highest BCUT2D eigenvalue weighted by atomic mass is 16.5. The van der Waals surface area contributed by atoms with E-state index in [0.717, 1.165) is 17.3 Å². The maximum absolute atomic E-state index is 12.6. The van der Waals surface area contributed by atoms with E-state index in [2.05, 4.69) is 9.84 Å². The van der Waals surface area contributed by atoms with Crippen LogP contribution in [0.25, 0.3) is 10.9 Å². The Balaban J connectivity index is 2.28. The van der Waals surface area contributed by atoms with Crippen LogP contribution in [-0.2, 0) is 4.74 Å². The van der Waals surface area contributed by atoms with Crippen molar-refractivity contribution >= 4 is 23.1 Å². The van der Waals surface area contributed by atoms with Gasteiger partial charge in [-0.1, -0.05) is 42.5 Å². The lowest BCUT2D eigenvalue weighted by Gasteiger charge is -2.10. The molecule has 6 heteroatoms. The molecule has 0 atom stereocenters. The van der Waals surface area contributed by atoms with Gasteiger partial charge in [0.05, 0.1) is 18.8 Å². The predicted octanol–water partition coefficient (Wildman–Crippen LogP) is 2.38. The second kappa shape index (κ2) is 6.37. The lowest BCUT2D eigenvalue weighted by atomic mass is 10.1. The quantitative estimate of drug-likeness (QED) is 0.593. The number of nitrogens with zero attached hydrogens (tertiary/aromatic N) is 2. The Hall–Kier alpha value is -3.41. The van der Waals surface area contributed by atoms with E-state index in [-0.39, 0.29) is 0 Å². The van der Waals surface area contributed by atoms with E-state index in [1.807, 2.05) is 30.3 Å². The van der Waals surface area contributed by atoms with E-state index < -0.39 is 22.8 Å². The van der Waals surface area contributed by atoms with E-state index >= 15 is 0 Å². The largest absolute Gasteiger partial charge is 0.506 e. The third-order valence-corrected chi connectivity index (χ3v) is 3.54. The summed E-state index contributed by atoms with van der Waals surface area (Å²) in [5, 5.41) is 14.8. The number of ether oxygens (including phenoxy) is 1. The summed E-state index contributed by atoms with van der Waals surface area (Å²) < 4.78 is 5.68. The molecular weight excluding hydrogens is 308 g/mol. The monoisotopic (exact) mass is 322 g/mol. The second-order valence-corrected chi connectivity index (χ2v) is 5.00. The van der Waals surface area contributed by atoms with Gasteiger partial charge in [-0.3, -0.25) is 4.79 Å². The van der Waals surface area contributed by atoms with Gasteiger partial charge in [0.15, 0.2) is 5.56 Å². The van der Waals surface area contributed by atoms with Crippen LogP contribution in [0, 0.1) is 0 Å². The minimum Gasteiger partial charge on any atom is -0.506 e. The number of aromatic nitrogens is 1. The maximum atomic E-state index is 12.6. The Bertz CT molecular complexity index is 991. The molecule has 0 aliphatic heterocycles. The summed E-state index contributed by atoms with van der Waals surface area (Å²) in [6, 6.07) is 15.9. The molecule has 0 aliphatic rings. The van der Waals surface area contributed by atoms with Crippen molar-refractivity contribution in [2.24, 2.45) is 5.10 Å². The molecule has 24 heavy (non-hydrogen) atoms. The van der Waals surface area contributed by atoms with Crippen molar-refractivity contribution < 1.29 is 14.6 Å². The molecule has 6 nitrogen and oxygen atoms in total. The summed E-state index contributed by atoms with van der Waals surface area (Å²) in [6.45, 7) is 0. The maximum Gasteiger partial charge on any atom is 0.347 e. The highest BCUT2D eigenvalue weighted by Crippen LogP contribution is 2.26. The smallest absolute Gasteiger partial charge is 0.347 e. The van der Waals surface area contributed by atoms with Crippen LogP contribution >= 0.6 is 0 Å². The number of aromatic hydroxyl groups is 1. The molecule has 120 valence electrons. The zero-order valence-corrected chi connectivity index (χ0v) is 12.8. The van der Waals surface area contributed by atoms with Crippen molar-refractivity contribution in [1.29, 1.82) is 0 Å². The lowest BCUT2D eigenvalue weighted by molar-refractivity contribution is 0.0595. The number of carbonyl (C=O) groups is 1. The second-order valence-electron chi connectivity index (χ2n) is 5.00. The van der Waals surface area contributed by atoms with Gasteiger partial charge in [0.25, 0.3) is 5.56 Å². The Kier molecular flexibility index (Phi) is 4.11. The average molecular weight is 322 g/mol. The minimum atomic E-state index is -0.910. The van der Waals surface area contributed by atoms with Crippen LogP contribution in [0.15, 0.2) is 64.5 Å². The zero-order valence-electron chi connectivity index (χ0n) is 12.8. The van der Waals surface area contributed by atoms with E-state index in [4.69, 9.17) is 0 Å². The summed E-state index contributed by atoms with van der Waals surface area (Å²) in [5.74, 6) is -1.32. The van der Waals surface area contributed by atoms with Crippen LogP contribution in [0.4, 0.5) is 0 Å². The topological polar surface area (TPSA) is 80.9 Å². The third-order valence-electron chi connectivity index (χ3n) is 3.54. The number of methoxy groups -OCH3 is 1. The number of hydrogen-bond donors (Lipinski definition) is 1. The van der Waals surface area contributed by atoms with Crippen molar-refractivity contribution in [3.63, 3.8) is 0 Å². The lowest BCUT2D eigenvalue weighted by Crippen LogP contribution is -2.25. The molecule has 1 N–H and O–H groups in total. The summed E-state index contributed by atoms with van der Waals surface area (Å²) in [5.41, 5.74) is -0.00680. The van der Waals surface area contributed by atoms with Crippen LogP contribution in [0.1, 0.15) is 15.9 Å². The number of carbonyl (C=O) groups excluding carboxylic acids is 1. The highest BCUT2D eigenvalue weighted by Gasteiger charge is 2.22. The summed E-state index contributed by atoms with van der Waals surface area (Å²) in [6.07, 6.45) is 1.51. The summed E-state index contributed by atoms with van der Waals surface area (Å²) in [7, 11) is 1.15. The molecule has 0 bridgehead atoms. The van der Waals surface area contributed by atoms with Crippen LogP contribution in [0.5, 0.6) is 5.75 Å². The number of pyridine rings is 1. The van der Waals surface area contributed by atoms with Gasteiger partial charge in [-0.25, -0.2) is 4.79 Å². The molecular formula is C18H14N2O4. The van der Waals surface area contributed by atoms with E-state index in [9.17, 15) is 14.7 Å². The van der Waals surface area contributed by atoms with Crippen molar-refractivity contribution in [1.82, 2.24) is 4.68 Å². The summed E-state index contributed by atoms with van der Waals surface area (Å²) >= 11 is 0. The number of esters is 1. The van der Waals surface area contributed by atoms with E-state index in [1.54, 1.807) is 24.3 Å².